The molecule has 1 aliphatic carbocycles. The standard InChI is InChI=1S/C32H42F2N2O4/c1-3-39-31(37)22-38-16-10-6-4-5-7-11-17-40-25-14-15-29(35-20-25)32-28-19-24-12-8-9-13-26(24)27(28)18-23(2)36(32)21-30(33)34/h8-9,12-15,20,23,30,32H,3-7,10-11,16-19,21-22H2,1-2H3/t23-,32+/m1/s1. The second kappa shape index (κ2) is 15.2. The highest BCUT2D eigenvalue weighted by atomic mass is 19.3. The molecule has 0 unspecified atom stereocenters. The molecule has 2 heterocycles. The minimum absolute atomic E-state index is 0.00115. The van der Waals surface area contributed by atoms with Crippen LogP contribution in [-0.2, 0) is 20.7 Å². The first kappa shape index (κ1) is 30.1. The smallest absolute Gasteiger partial charge is 0.332 e. The number of benzene rings is 1. The van der Waals surface area contributed by atoms with Crippen molar-refractivity contribution in [1.82, 2.24) is 9.88 Å². The van der Waals surface area contributed by atoms with Crippen molar-refractivity contribution < 1.29 is 27.8 Å². The van der Waals surface area contributed by atoms with E-state index in [9.17, 15) is 13.6 Å². The summed E-state index contributed by atoms with van der Waals surface area (Å²) in [5.41, 5.74) is 5.82. The van der Waals surface area contributed by atoms with Crippen molar-refractivity contribution in [2.45, 2.75) is 83.7 Å². The van der Waals surface area contributed by atoms with E-state index in [1.54, 1.807) is 13.1 Å². The maximum Gasteiger partial charge on any atom is 0.332 e. The number of alkyl halides is 2. The van der Waals surface area contributed by atoms with E-state index in [1.807, 2.05) is 30.0 Å². The number of rotatable bonds is 16. The fraction of sp³-hybridized carbons (Fsp3) is 0.562. The Kier molecular flexibility index (Phi) is 11.5. The molecule has 0 radical (unpaired) electrons. The average molecular weight is 557 g/mol. The van der Waals surface area contributed by atoms with Crippen LogP contribution in [0.15, 0.2) is 48.2 Å². The summed E-state index contributed by atoms with van der Waals surface area (Å²) in [6.45, 7) is 5.16. The van der Waals surface area contributed by atoms with Crippen LogP contribution in [0.1, 0.15) is 81.7 Å². The SMILES string of the molecule is CCOC(=O)COCCCCCCCCOc1ccc([C@@H]2C3=C(C[C@@H](C)N2CC(F)F)c2ccccc2C3)nc1. The number of ether oxygens (including phenoxy) is 3. The molecule has 0 N–H and O–H groups in total. The van der Waals surface area contributed by atoms with E-state index in [-0.39, 0.29) is 31.2 Å². The van der Waals surface area contributed by atoms with Gasteiger partial charge >= 0.3 is 5.97 Å². The first-order valence-electron chi connectivity index (χ1n) is 14.6. The number of halogens is 2. The second-order valence-corrected chi connectivity index (χ2v) is 10.6. The first-order chi connectivity index (χ1) is 19.5. The maximum absolute atomic E-state index is 13.6. The molecule has 0 bridgehead atoms. The molecule has 4 rings (SSSR count). The number of pyridine rings is 1. The minimum atomic E-state index is -2.40. The highest BCUT2D eigenvalue weighted by Crippen LogP contribution is 2.48. The molecule has 0 amide bonds. The number of unbranched alkanes of at least 4 members (excludes halogenated alkanes) is 5. The van der Waals surface area contributed by atoms with Gasteiger partial charge in [0.15, 0.2) is 0 Å². The summed E-state index contributed by atoms with van der Waals surface area (Å²) < 4.78 is 43.3. The summed E-state index contributed by atoms with van der Waals surface area (Å²) in [6.07, 6.45) is 7.18. The summed E-state index contributed by atoms with van der Waals surface area (Å²) >= 11 is 0. The number of carbonyl (C=O) groups excluding carboxylic acids is 1. The van der Waals surface area contributed by atoms with E-state index in [1.165, 1.54) is 22.3 Å². The largest absolute Gasteiger partial charge is 0.492 e. The highest BCUT2D eigenvalue weighted by molar-refractivity contribution is 5.78. The zero-order valence-corrected chi connectivity index (χ0v) is 23.7. The number of hydrogen-bond donors (Lipinski definition) is 0. The topological polar surface area (TPSA) is 60.9 Å². The Morgan fingerprint density at radius 2 is 1.80 bits per heavy atom. The van der Waals surface area contributed by atoms with Crippen molar-refractivity contribution in [2.24, 2.45) is 0 Å². The summed E-state index contributed by atoms with van der Waals surface area (Å²) in [5.74, 6) is 0.395. The summed E-state index contributed by atoms with van der Waals surface area (Å²) in [5, 5.41) is 0. The van der Waals surface area contributed by atoms with E-state index < -0.39 is 6.43 Å². The van der Waals surface area contributed by atoms with Crippen molar-refractivity contribution in [3.63, 3.8) is 0 Å². The van der Waals surface area contributed by atoms with Crippen LogP contribution in [0, 0.1) is 0 Å². The van der Waals surface area contributed by atoms with Gasteiger partial charge in [-0.15, -0.1) is 0 Å². The monoisotopic (exact) mass is 556 g/mol. The van der Waals surface area contributed by atoms with Gasteiger partial charge < -0.3 is 14.2 Å². The Hall–Kier alpha value is -2.84. The van der Waals surface area contributed by atoms with Gasteiger partial charge in [-0.3, -0.25) is 9.88 Å². The van der Waals surface area contributed by atoms with Crippen molar-refractivity contribution in [2.75, 3.05) is 33.0 Å². The fourth-order valence-electron chi connectivity index (χ4n) is 5.82. The lowest BCUT2D eigenvalue weighted by atomic mass is 9.87. The van der Waals surface area contributed by atoms with E-state index in [0.717, 1.165) is 57.1 Å². The van der Waals surface area contributed by atoms with Crippen LogP contribution in [0.3, 0.4) is 0 Å². The quantitative estimate of drug-likeness (QED) is 0.168. The Balaban J connectivity index is 1.23. The second-order valence-electron chi connectivity index (χ2n) is 10.6. The molecule has 0 saturated heterocycles. The number of carbonyl (C=O) groups is 1. The van der Waals surface area contributed by atoms with Gasteiger partial charge in [-0.2, -0.15) is 0 Å². The van der Waals surface area contributed by atoms with Gasteiger partial charge in [-0.1, -0.05) is 49.9 Å². The average Bonchev–Trinajstić information content (AvgIpc) is 3.30. The van der Waals surface area contributed by atoms with Gasteiger partial charge in [0, 0.05) is 12.6 Å². The lowest BCUT2D eigenvalue weighted by Gasteiger charge is -2.41. The van der Waals surface area contributed by atoms with Crippen molar-refractivity contribution >= 4 is 11.5 Å². The molecule has 1 aliphatic heterocycles. The third kappa shape index (κ3) is 8.10. The number of esters is 1. The van der Waals surface area contributed by atoms with Gasteiger partial charge in [0.2, 0.25) is 0 Å². The van der Waals surface area contributed by atoms with E-state index >= 15 is 0 Å². The van der Waals surface area contributed by atoms with Gasteiger partial charge in [0.1, 0.15) is 12.4 Å². The molecule has 0 fully saturated rings. The Labute approximate surface area is 236 Å². The molecule has 2 aliphatic rings. The maximum atomic E-state index is 13.6. The Bertz CT molecular complexity index is 1120. The van der Waals surface area contributed by atoms with Gasteiger partial charge in [-0.05, 0) is 73.9 Å². The first-order valence-corrected chi connectivity index (χ1v) is 14.6. The fourth-order valence-corrected chi connectivity index (χ4v) is 5.82. The third-order valence-electron chi connectivity index (χ3n) is 7.70. The molecule has 218 valence electrons. The molecule has 6 nitrogen and oxygen atoms in total. The van der Waals surface area contributed by atoms with Gasteiger partial charge in [0.05, 0.1) is 37.7 Å². The summed E-state index contributed by atoms with van der Waals surface area (Å²) in [7, 11) is 0. The van der Waals surface area contributed by atoms with E-state index in [4.69, 9.17) is 19.2 Å². The molecule has 2 aromatic rings. The molecule has 40 heavy (non-hydrogen) atoms. The zero-order valence-electron chi connectivity index (χ0n) is 23.7. The predicted octanol–water partition coefficient (Wildman–Crippen LogP) is 6.79. The van der Waals surface area contributed by atoms with Crippen molar-refractivity contribution in [3.8, 4) is 5.75 Å². The molecule has 1 aromatic carbocycles. The van der Waals surface area contributed by atoms with Crippen LogP contribution in [0.4, 0.5) is 8.78 Å². The molecular formula is C32H42F2N2O4. The third-order valence-corrected chi connectivity index (χ3v) is 7.70. The van der Waals surface area contributed by atoms with Crippen LogP contribution in [0.5, 0.6) is 5.75 Å². The Morgan fingerprint density at radius 1 is 1.05 bits per heavy atom. The zero-order chi connectivity index (χ0) is 28.3. The molecule has 0 spiro atoms. The molecular weight excluding hydrogens is 514 g/mol. The summed E-state index contributed by atoms with van der Waals surface area (Å²) in [6, 6.07) is 12.0. The van der Waals surface area contributed by atoms with Crippen molar-refractivity contribution in [3.05, 3.63) is 65.0 Å². The van der Waals surface area contributed by atoms with E-state index in [0.29, 0.717) is 25.6 Å². The predicted molar refractivity (Wildman–Crippen MR) is 151 cm³/mol. The molecule has 0 saturated carbocycles. The molecule has 8 heteroatoms. The van der Waals surface area contributed by atoms with Crippen molar-refractivity contribution in [1.29, 1.82) is 0 Å². The molecule has 1 aromatic heterocycles. The highest BCUT2D eigenvalue weighted by Gasteiger charge is 2.40. The number of hydrogen-bond acceptors (Lipinski definition) is 6. The molecule has 2 atom stereocenters. The number of fused-ring (bicyclic) bond motifs is 2. The number of aromatic nitrogens is 1. The number of nitrogens with zero attached hydrogens (tertiary/aromatic N) is 2. The van der Waals surface area contributed by atoms with Gasteiger partial charge in [-0.25, -0.2) is 13.6 Å². The normalized spacial score (nSPS) is 18.6. The lowest BCUT2D eigenvalue weighted by Crippen LogP contribution is -2.43. The van der Waals surface area contributed by atoms with Crippen LogP contribution in [0.25, 0.3) is 5.57 Å². The minimum Gasteiger partial charge on any atom is -0.492 e. The van der Waals surface area contributed by atoms with E-state index in [2.05, 4.69) is 18.2 Å². The van der Waals surface area contributed by atoms with Crippen LogP contribution >= 0.6 is 0 Å². The lowest BCUT2D eigenvalue weighted by molar-refractivity contribution is -0.148. The van der Waals surface area contributed by atoms with Crippen LogP contribution in [0.2, 0.25) is 0 Å². The Morgan fingerprint density at radius 3 is 2.52 bits per heavy atom. The van der Waals surface area contributed by atoms with Crippen LogP contribution < -0.4 is 4.74 Å². The van der Waals surface area contributed by atoms with Gasteiger partial charge in [0.25, 0.3) is 6.43 Å². The summed E-state index contributed by atoms with van der Waals surface area (Å²) in [4.78, 5) is 17.9. The van der Waals surface area contributed by atoms with Crippen LogP contribution in [-0.4, -0.2) is 61.3 Å².